The lowest BCUT2D eigenvalue weighted by atomic mass is 9.88. The van der Waals surface area contributed by atoms with E-state index in [1.165, 1.54) is 16.7 Å². The molecule has 0 unspecified atom stereocenters. The van der Waals surface area contributed by atoms with E-state index in [1.807, 2.05) is 30.3 Å². The standard InChI is InChI=1S/C21H26O2/c1-5-9-17-14-20(23-4)21(22)19(12-15(2)3)18(17)13-16-10-7-6-8-11-16/h5-8,10-11,14-15,22H,1,9,12-13H2,2-4H3. The third-order valence-corrected chi connectivity index (χ3v) is 4.00. The van der Waals surface area contributed by atoms with Gasteiger partial charge in [0.15, 0.2) is 11.5 Å². The van der Waals surface area contributed by atoms with E-state index in [0.29, 0.717) is 11.7 Å². The number of phenols is 1. The zero-order valence-electron chi connectivity index (χ0n) is 14.3. The first-order chi connectivity index (χ1) is 11.1. The van der Waals surface area contributed by atoms with Crippen LogP contribution in [0.1, 0.15) is 36.1 Å². The van der Waals surface area contributed by atoms with Gasteiger partial charge in [-0.15, -0.1) is 6.58 Å². The summed E-state index contributed by atoms with van der Waals surface area (Å²) >= 11 is 0. The highest BCUT2D eigenvalue weighted by Crippen LogP contribution is 2.38. The van der Waals surface area contributed by atoms with Crippen LogP contribution in [0.25, 0.3) is 0 Å². The number of hydrogen-bond acceptors (Lipinski definition) is 2. The summed E-state index contributed by atoms with van der Waals surface area (Å²) in [4.78, 5) is 0. The molecule has 0 aliphatic heterocycles. The van der Waals surface area contributed by atoms with Crippen LogP contribution in [-0.4, -0.2) is 12.2 Å². The van der Waals surface area contributed by atoms with Crippen LogP contribution in [0.5, 0.6) is 11.5 Å². The normalized spacial score (nSPS) is 10.8. The maximum Gasteiger partial charge on any atom is 0.161 e. The number of hydrogen-bond donors (Lipinski definition) is 1. The van der Waals surface area contributed by atoms with Gasteiger partial charge in [0, 0.05) is 5.56 Å². The molecule has 0 aromatic heterocycles. The van der Waals surface area contributed by atoms with E-state index in [1.54, 1.807) is 7.11 Å². The second-order valence-corrected chi connectivity index (χ2v) is 6.30. The molecule has 2 rings (SSSR count). The number of ether oxygens (including phenoxy) is 1. The zero-order valence-corrected chi connectivity index (χ0v) is 14.3. The lowest BCUT2D eigenvalue weighted by Gasteiger charge is -2.20. The van der Waals surface area contributed by atoms with Gasteiger partial charge in [0.25, 0.3) is 0 Å². The average Bonchev–Trinajstić information content (AvgIpc) is 2.54. The van der Waals surface area contributed by atoms with Crippen molar-refractivity contribution in [2.45, 2.75) is 33.1 Å². The molecule has 0 atom stereocenters. The van der Waals surface area contributed by atoms with E-state index in [0.717, 1.165) is 24.8 Å². The van der Waals surface area contributed by atoms with Crippen molar-refractivity contribution in [1.29, 1.82) is 0 Å². The molecule has 0 aliphatic carbocycles. The Bertz CT molecular complexity index is 657. The Morgan fingerprint density at radius 2 is 1.87 bits per heavy atom. The predicted molar refractivity (Wildman–Crippen MR) is 96.3 cm³/mol. The highest BCUT2D eigenvalue weighted by Gasteiger charge is 2.18. The Morgan fingerprint density at radius 3 is 2.43 bits per heavy atom. The molecule has 0 saturated heterocycles. The van der Waals surface area contributed by atoms with Crippen molar-refractivity contribution in [2.75, 3.05) is 7.11 Å². The molecular weight excluding hydrogens is 284 g/mol. The van der Waals surface area contributed by atoms with Gasteiger partial charge in [-0.1, -0.05) is 50.3 Å². The molecule has 0 radical (unpaired) electrons. The van der Waals surface area contributed by atoms with E-state index in [4.69, 9.17) is 4.74 Å². The third kappa shape index (κ3) is 4.16. The van der Waals surface area contributed by atoms with Crippen molar-refractivity contribution in [2.24, 2.45) is 5.92 Å². The molecule has 2 aromatic rings. The first-order valence-corrected chi connectivity index (χ1v) is 8.12. The SMILES string of the molecule is C=CCc1cc(OC)c(O)c(CC(C)C)c1Cc1ccccc1. The van der Waals surface area contributed by atoms with Crippen LogP contribution < -0.4 is 4.74 Å². The summed E-state index contributed by atoms with van der Waals surface area (Å²) in [5, 5.41) is 10.6. The number of rotatable bonds is 7. The van der Waals surface area contributed by atoms with Crippen molar-refractivity contribution in [3.05, 3.63) is 71.3 Å². The summed E-state index contributed by atoms with van der Waals surface area (Å²) in [7, 11) is 1.60. The van der Waals surface area contributed by atoms with E-state index >= 15 is 0 Å². The molecule has 1 N–H and O–H groups in total. The summed E-state index contributed by atoms with van der Waals surface area (Å²) in [5.41, 5.74) is 4.62. The molecule has 122 valence electrons. The lowest BCUT2D eigenvalue weighted by Crippen LogP contribution is -2.06. The molecule has 0 spiro atoms. The van der Waals surface area contributed by atoms with Crippen LogP contribution >= 0.6 is 0 Å². The lowest BCUT2D eigenvalue weighted by molar-refractivity contribution is 0.368. The largest absolute Gasteiger partial charge is 0.504 e. The Kier molecular flexibility index (Phi) is 5.86. The van der Waals surface area contributed by atoms with Gasteiger partial charge in [0.1, 0.15) is 0 Å². The summed E-state index contributed by atoms with van der Waals surface area (Å²) in [6.45, 7) is 8.20. The Hall–Kier alpha value is -2.22. The van der Waals surface area contributed by atoms with E-state index in [9.17, 15) is 5.11 Å². The topological polar surface area (TPSA) is 29.5 Å². The molecule has 0 heterocycles. The minimum Gasteiger partial charge on any atom is -0.504 e. The quantitative estimate of drug-likeness (QED) is 0.736. The number of aromatic hydroxyl groups is 1. The van der Waals surface area contributed by atoms with Crippen molar-refractivity contribution in [3.8, 4) is 11.5 Å². The summed E-state index contributed by atoms with van der Waals surface area (Å²) < 4.78 is 5.38. The fourth-order valence-electron chi connectivity index (χ4n) is 2.94. The molecule has 0 aliphatic rings. The van der Waals surface area contributed by atoms with Gasteiger partial charge in [-0.3, -0.25) is 0 Å². The maximum absolute atomic E-state index is 10.6. The van der Waals surface area contributed by atoms with Crippen LogP contribution in [0.4, 0.5) is 0 Å². The highest BCUT2D eigenvalue weighted by atomic mass is 16.5. The molecule has 2 aromatic carbocycles. The second-order valence-electron chi connectivity index (χ2n) is 6.30. The fourth-order valence-corrected chi connectivity index (χ4v) is 2.94. The first-order valence-electron chi connectivity index (χ1n) is 8.12. The third-order valence-electron chi connectivity index (χ3n) is 4.00. The van der Waals surface area contributed by atoms with Crippen LogP contribution in [0, 0.1) is 5.92 Å². The fraction of sp³-hybridized carbons (Fsp3) is 0.333. The Labute approximate surface area is 139 Å². The van der Waals surface area contributed by atoms with Crippen molar-refractivity contribution in [1.82, 2.24) is 0 Å². The molecule has 0 saturated carbocycles. The number of allylic oxidation sites excluding steroid dienone is 1. The van der Waals surface area contributed by atoms with Gasteiger partial charge in [-0.2, -0.15) is 0 Å². The Morgan fingerprint density at radius 1 is 1.17 bits per heavy atom. The summed E-state index contributed by atoms with van der Waals surface area (Å²) in [5.74, 6) is 1.29. The van der Waals surface area contributed by atoms with Gasteiger partial charge in [0.2, 0.25) is 0 Å². The molecule has 2 heteroatoms. The van der Waals surface area contributed by atoms with E-state index in [2.05, 4.69) is 32.6 Å². The average molecular weight is 310 g/mol. The van der Waals surface area contributed by atoms with Crippen LogP contribution in [0.3, 0.4) is 0 Å². The van der Waals surface area contributed by atoms with Gasteiger partial charge >= 0.3 is 0 Å². The van der Waals surface area contributed by atoms with Crippen LogP contribution in [0.2, 0.25) is 0 Å². The molecule has 0 bridgehead atoms. The minimum atomic E-state index is 0.278. The zero-order chi connectivity index (χ0) is 16.8. The predicted octanol–water partition coefficient (Wildman–Crippen LogP) is 4.92. The van der Waals surface area contributed by atoms with Crippen LogP contribution in [-0.2, 0) is 19.3 Å². The number of benzene rings is 2. The molecule has 2 nitrogen and oxygen atoms in total. The van der Waals surface area contributed by atoms with Gasteiger partial charge < -0.3 is 9.84 Å². The van der Waals surface area contributed by atoms with Crippen molar-refractivity contribution in [3.63, 3.8) is 0 Å². The van der Waals surface area contributed by atoms with E-state index in [-0.39, 0.29) is 5.75 Å². The minimum absolute atomic E-state index is 0.278. The highest BCUT2D eigenvalue weighted by molar-refractivity contribution is 5.55. The summed E-state index contributed by atoms with van der Waals surface area (Å²) in [6, 6.07) is 12.3. The molecule has 23 heavy (non-hydrogen) atoms. The maximum atomic E-state index is 10.6. The molecular formula is C21H26O2. The van der Waals surface area contributed by atoms with Gasteiger partial charge in [-0.05, 0) is 47.9 Å². The molecule has 0 amide bonds. The Balaban J connectivity index is 2.58. The van der Waals surface area contributed by atoms with Crippen LogP contribution in [0.15, 0.2) is 49.1 Å². The number of phenolic OH excluding ortho intramolecular Hbond substituents is 1. The smallest absolute Gasteiger partial charge is 0.161 e. The second kappa shape index (κ2) is 7.87. The van der Waals surface area contributed by atoms with Gasteiger partial charge in [0.05, 0.1) is 7.11 Å². The summed E-state index contributed by atoms with van der Waals surface area (Å²) in [6.07, 6.45) is 4.31. The monoisotopic (exact) mass is 310 g/mol. The van der Waals surface area contributed by atoms with Crippen molar-refractivity contribution >= 4 is 0 Å². The van der Waals surface area contributed by atoms with Crippen molar-refractivity contribution < 1.29 is 9.84 Å². The number of methoxy groups -OCH3 is 1. The van der Waals surface area contributed by atoms with Gasteiger partial charge in [-0.25, -0.2) is 0 Å². The molecule has 0 fully saturated rings. The first kappa shape index (κ1) is 17.1. The van der Waals surface area contributed by atoms with E-state index < -0.39 is 0 Å².